The molecule has 16 heavy (non-hydrogen) atoms. The van der Waals surface area contributed by atoms with Crippen LogP contribution < -0.4 is 0 Å². The third-order valence-electron chi connectivity index (χ3n) is 4.21. The lowest BCUT2D eigenvalue weighted by Crippen LogP contribution is -2.28. The minimum absolute atomic E-state index is 0.141. The molecule has 0 aromatic carbocycles. The molecule has 88 valence electrons. The van der Waals surface area contributed by atoms with E-state index in [4.69, 9.17) is 5.11 Å². The van der Waals surface area contributed by atoms with Gasteiger partial charge in [-0.15, -0.1) is 0 Å². The van der Waals surface area contributed by atoms with Gasteiger partial charge >= 0.3 is 5.97 Å². The normalized spacial score (nSPS) is 26.4. The van der Waals surface area contributed by atoms with Gasteiger partial charge in [0.05, 0.1) is 0 Å². The fraction of sp³-hybridized carbons (Fsp3) is 0.643. The summed E-state index contributed by atoms with van der Waals surface area (Å²) < 4.78 is 0. The first kappa shape index (κ1) is 11.4. The van der Waals surface area contributed by atoms with Crippen molar-refractivity contribution in [3.63, 3.8) is 0 Å². The molecule has 0 unspecified atom stereocenters. The van der Waals surface area contributed by atoms with Crippen LogP contribution in [0.15, 0.2) is 22.8 Å². The zero-order valence-corrected chi connectivity index (χ0v) is 10.6. The first-order valence-electron chi connectivity index (χ1n) is 5.92. The van der Waals surface area contributed by atoms with Crippen LogP contribution in [0.25, 0.3) is 0 Å². The van der Waals surface area contributed by atoms with E-state index in [-0.39, 0.29) is 10.8 Å². The van der Waals surface area contributed by atoms with Crippen LogP contribution in [0.4, 0.5) is 0 Å². The lowest BCUT2D eigenvalue weighted by molar-refractivity contribution is -0.132. The number of hydrogen-bond donors (Lipinski definition) is 1. The van der Waals surface area contributed by atoms with Crippen molar-refractivity contribution in [2.75, 3.05) is 0 Å². The average molecular weight is 220 g/mol. The summed E-state index contributed by atoms with van der Waals surface area (Å²) in [5, 5.41) is 9.11. The summed E-state index contributed by atoms with van der Waals surface area (Å²) >= 11 is 0. The van der Waals surface area contributed by atoms with E-state index in [9.17, 15) is 4.79 Å². The summed E-state index contributed by atoms with van der Waals surface area (Å²) in [6.45, 7) is 8.91. The minimum atomic E-state index is -0.763. The largest absolute Gasteiger partial charge is 0.478 e. The van der Waals surface area contributed by atoms with E-state index in [1.54, 1.807) is 0 Å². The molecule has 2 aliphatic carbocycles. The molecule has 0 bridgehead atoms. The van der Waals surface area contributed by atoms with Crippen LogP contribution in [0.3, 0.4) is 0 Å². The molecule has 0 aromatic rings. The number of aliphatic carboxylic acids is 1. The van der Waals surface area contributed by atoms with Gasteiger partial charge in [0, 0.05) is 12.0 Å². The van der Waals surface area contributed by atoms with Gasteiger partial charge in [0.2, 0.25) is 0 Å². The average Bonchev–Trinajstić information content (AvgIpc) is 2.59. The van der Waals surface area contributed by atoms with Crippen LogP contribution in [0.5, 0.6) is 0 Å². The van der Waals surface area contributed by atoms with E-state index < -0.39 is 5.97 Å². The zero-order valence-electron chi connectivity index (χ0n) is 10.6. The molecule has 0 saturated carbocycles. The van der Waals surface area contributed by atoms with Gasteiger partial charge in [-0.2, -0.15) is 0 Å². The zero-order chi connectivity index (χ0) is 12.1. The second kappa shape index (κ2) is 3.22. The van der Waals surface area contributed by atoms with Crippen LogP contribution in [0, 0.1) is 10.8 Å². The third kappa shape index (κ3) is 1.60. The number of allylic oxidation sites excluding steroid dienone is 3. The molecule has 0 heterocycles. The Morgan fingerprint density at radius 3 is 2.25 bits per heavy atom. The first-order chi connectivity index (χ1) is 7.24. The topological polar surface area (TPSA) is 37.3 Å². The van der Waals surface area contributed by atoms with Crippen molar-refractivity contribution in [1.82, 2.24) is 0 Å². The molecular weight excluding hydrogens is 200 g/mol. The van der Waals surface area contributed by atoms with Crippen molar-refractivity contribution < 1.29 is 9.90 Å². The van der Waals surface area contributed by atoms with Crippen molar-refractivity contribution in [3.05, 3.63) is 22.8 Å². The van der Waals surface area contributed by atoms with Gasteiger partial charge < -0.3 is 5.11 Å². The standard InChI is InChI=1S/C14H20O2/c1-13(2)5-6-14(3,4)11-8-9(12(15)16)7-10(11)13/h7H,5-6,8H2,1-4H3,(H,15,16). The number of hydrogen-bond acceptors (Lipinski definition) is 1. The maximum absolute atomic E-state index is 11.1. The second-order valence-corrected chi connectivity index (χ2v) is 6.31. The molecule has 2 aliphatic rings. The molecule has 0 atom stereocenters. The smallest absolute Gasteiger partial charge is 0.331 e. The lowest BCUT2D eigenvalue weighted by atomic mass is 9.64. The van der Waals surface area contributed by atoms with Gasteiger partial charge in [0.25, 0.3) is 0 Å². The Morgan fingerprint density at radius 1 is 1.19 bits per heavy atom. The molecule has 2 nitrogen and oxygen atoms in total. The molecule has 0 saturated heterocycles. The molecule has 0 spiro atoms. The molecule has 0 radical (unpaired) electrons. The molecule has 2 rings (SSSR count). The van der Waals surface area contributed by atoms with E-state index in [0.717, 1.165) is 12.8 Å². The predicted octanol–water partition coefficient (Wildman–Crippen LogP) is 3.54. The van der Waals surface area contributed by atoms with Crippen molar-refractivity contribution in [1.29, 1.82) is 0 Å². The minimum Gasteiger partial charge on any atom is -0.478 e. The number of carbonyl (C=O) groups is 1. The molecule has 0 fully saturated rings. The van der Waals surface area contributed by atoms with Crippen LogP contribution in [0.2, 0.25) is 0 Å². The Balaban J connectivity index is 2.46. The summed E-state index contributed by atoms with van der Waals surface area (Å²) in [5.41, 5.74) is 3.50. The van der Waals surface area contributed by atoms with Crippen molar-refractivity contribution in [3.8, 4) is 0 Å². The Kier molecular flexibility index (Phi) is 2.30. The Hall–Kier alpha value is -1.05. The van der Waals surface area contributed by atoms with Crippen molar-refractivity contribution in [2.45, 2.75) is 47.0 Å². The highest BCUT2D eigenvalue weighted by Gasteiger charge is 2.41. The highest BCUT2D eigenvalue weighted by Crippen LogP contribution is 2.53. The lowest BCUT2D eigenvalue weighted by Gasteiger charge is -2.41. The number of rotatable bonds is 1. The first-order valence-corrected chi connectivity index (χ1v) is 5.92. The summed E-state index contributed by atoms with van der Waals surface area (Å²) in [6.07, 6.45) is 4.85. The van der Waals surface area contributed by atoms with Gasteiger partial charge in [0.15, 0.2) is 0 Å². The fourth-order valence-electron chi connectivity index (χ4n) is 2.85. The number of carboxylic acid groups (broad SMARTS) is 1. The van der Waals surface area contributed by atoms with Gasteiger partial charge in [-0.1, -0.05) is 33.3 Å². The van der Waals surface area contributed by atoms with Crippen LogP contribution in [-0.2, 0) is 4.79 Å². The van der Waals surface area contributed by atoms with Crippen LogP contribution >= 0.6 is 0 Å². The SMILES string of the molecule is CC1(C)CCC(C)(C)C2=C1C=C(C(=O)O)C2. The third-order valence-corrected chi connectivity index (χ3v) is 4.21. The maximum atomic E-state index is 11.1. The summed E-state index contributed by atoms with van der Waals surface area (Å²) in [6, 6.07) is 0. The Bertz CT molecular complexity index is 408. The van der Waals surface area contributed by atoms with E-state index >= 15 is 0 Å². The summed E-state index contributed by atoms with van der Waals surface area (Å²) in [7, 11) is 0. The fourth-order valence-corrected chi connectivity index (χ4v) is 2.85. The van der Waals surface area contributed by atoms with Gasteiger partial charge in [-0.05, 0) is 35.3 Å². The van der Waals surface area contributed by atoms with Crippen molar-refractivity contribution in [2.24, 2.45) is 10.8 Å². The molecule has 0 amide bonds. The van der Waals surface area contributed by atoms with Gasteiger partial charge in [-0.25, -0.2) is 4.79 Å². The second-order valence-electron chi connectivity index (χ2n) is 6.31. The monoisotopic (exact) mass is 220 g/mol. The van der Waals surface area contributed by atoms with E-state index in [2.05, 4.69) is 27.7 Å². The number of carboxylic acids is 1. The van der Waals surface area contributed by atoms with Gasteiger partial charge in [0.1, 0.15) is 0 Å². The summed E-state index contributed by atoms with van der Waals surface area (Å²) in [5.74, 6) is -0.763. The molecular formula is C14H20O2. The predicted molar refractivity (Wildman–Crippen MR) is 64.2 cm³/mol. The Morgan fingerprint density at radius 2 is 1.75 bits per heavy atom. The van der Waals surface area contributed by atoms with Crippen molar-refractivity contribution >= 4 is 5.97 Å². The Labute approximate surface area is 97.0 Å². The van der Waals surface area contributed by atoms with Gasteiger partial charge in [-0.3, -0.25) is 0 Å². The van der Waals surface area contributed by atoms with Crippen LogP contribution in [-0.4, -0.2) is 11.1 Å². The van der Waals surface area contributed by atoms with E-state index in [0.29, 0.717) is 12.0 Å². The van der Waals surface area contributed by atoms with E-state index in [1.807, 2.05) is 6.08 Å². The summed E-state index contributed by atoms with van der Waals surface area (Å²) in [4.78, 5) is 11.1. The van der Waals surface area contributed by atoms with E-state index in [1.165, 1.54) is 11.1 Å². The molecule has 2 heteroatoms. The highest BCUT2D eigenvalue weighted by molar-refractivity contribution is 5.89. The van der Waals surface area contributed by atoms with Crippen LogP contribution in [0.1, 0.15) is 47.0 Å². The maximum Gasteiger partial charge on any atom is 0.331 e. The quantitative estimate of drug-likeness (QED) is 0.733. The highest BCUT2D eigenvalue weighted by atomic mass is 16.4. The molecule has 0 aliphatic heterocycles. The molecule has 0 aromatic heterocycles. The molecule has 1 N–H and O–H groups in total.